The van der Waals surface area contributed by atoms with Crippen LogP contribution >= 0.6 is 0 Å². The number of para-hydroxylation sites is 1. The summed E-state index contributed by atoms with van der Waals surface area (Å²) in [6, 6.07) is 18.1. The van der Waals surface area contributed by atoms with Crippen LogP contribution in [-0.2, 0) is 6.54 Å². The number of anilines is 1. The Labute approximate surface area is 162 Å². The molecule has 142 valence electrons. The van der Waals surface area contributed by atoms with Gasteiger partial charge in [0, 0.05) is 54.8 Å². The van der Waals surface area contributed by atoms with Gasteiger partial charge in [0.25, 0.3) is 0 Å². The van der Waals surface area contributed by atoms with E-state index in [2.05, 4.69) is 46.2 Å². The number of benzene rings is 2. The summed E-state index contributed by atoms with van der Waals surface area (Å²) in [5.41, 5.74) is 3.23. The summed E-state index contributed by atoms with van der Waals surface area (Å²) >= 11 is 0. The average Bonchev–Trinajstić information content (AvgIpc) is 3.09. The minimum atomic E-state index is -0.326. The van der Waals surface area contributed by atoms with Crippen LogP contribution in [-0.4, -0.2) is 31.1 Å². The predicted molar refractivity (Wildman–Crippen MR) is 111 cm³/mol. The Bertz CT molecular complexity index is 1190. The Balaban J connectivity index is 1.34. The van der Waals surface area contributed by atoms with E-state index in [1.54, 1.807) is 0 Å². The molecule has 1 fully saturated rings. The largest absolute Gasteiger partial charge is 0.460 e. The van der Waals surface area contributed by atoms with Gasteiger partial charge in [-0.2, -0.15) is 0 Å². The van der Waals surface area contributed by atoms with Crippen molar-refractivity contribution in [2.45, 2.75) is 13.5 Å². The van der Waals surface area contributed by atoms with Gasteiger partial charge in [0.1, 0.15) is 16.9 Å². The Hall–Kier alpha value is -3.05. The fraction of sp³-hybridized carbons (Fsp3) is 0.261. The van der Waals surface area contributed by atoms with E-state index in [-0.39, 0.29) is 5.63 Å². The lowest BCUT2D eigenvalue weighted by molar-refractivity contribution is 0.233. The molecular formula is C23H22N2O3. The zero-order valence-corrected chi connectivity index (χ0v) is 15.9. The van der Waals surface area contributed by atoms with Gasteiger partial charge >= 0.3 is 5.63 Å². The molecule has 3 heterocycles. The molecule has 4 aromatic rings. The van der Waals surface area contributed by atoms with E-state index in [0.29, 0.717) is 5.58 Å². The number of rotatable bonds is 3. The van der Waals surface area contributed by atoms with E-state index in [9.17, 15) is 4.79 Å². The quantitative estimate of drug-likeness (QED) is 0.504. The van der Waals surface area contributed by atoms with Crippen molar-refractivity contribution in [3.63, 3.8) is 0 Å². The second-order valence-electron chi connectivity index (χ2n) is 7.45. The van der Waals surface area contributed by atoms with Crippen LogP contribution in [0.1, 0.15) is 11.3 Å². The van der Waals surface area contributed by atoms with Crippen LogP contribution < -0.4 is 10.5 Å². The first-order valence-corrected chi connectivity index (χ1v) is 9.65. The van der Waals surface area contributed by atoms with Gasteiger partial charge in [-0.1, -0.05) is 18.2 Å². The summed E-state index contributed by atoms with van der Waals surface area (Å²) in [5, 5.41) is 2.00. The van der Waals surface area contributed by atoms with E-state index in [1.165, 1.54) is 11.8 Å². The molecule has 0 N–H and O–H groups in total. The molecule has 5 rings (SSSR count). The zero-order valence-electron chi connectivity index (χ0n) is 15.9. The van der Waals surface area contributed by atoms with Gasteiger partial charge in [0.2, 0.25) is 0 Å². The van der Waals surface area contributed by atoms with Crippen LogP contribution in [0, 0.1) is 6.92 Å². The summed E-state index contributed by atoms with van der Waals surface area (Å²) < 4.78 is 11.4. The molecule has 1 saturated heterocycles. The highest BCUT2D eigenvalue weighted by Gasteiger charge is 2.19. The number of piperazine rings is 1. The molecular weight excluding hydrogens is 352 g/mol. The maximum atomic E-state index is 11.6. The monoisotopic (exact) mass is 374 g/mol. The van der Waals surface area contributed by atoms with Gasteiger partial charge in [0.05, 0.1) is 6.54 Å². The van der Waals surface area contributed by atoms with Crippen LogP contribution in [0.25, 0.3) is 21.9 Å². The van der Waals surface area contributed by atoms with Gasteiger partial charge < -0.3 is 13.7 Å². The number of nitrogens with zero attached hydrogens (tertiary/aromatic N) is 2. The lowest BCUT2D eigenvalue weighted by Crippen LogP contribution is -2.45. The first-order valence-electron chi connectivity index (χ1n) is 9.65. The average molecular weight is 374 g/mol. The molecule has 1 aliphatic rings. The highest BCUT2D eigenvalue weighted by atomic mass is 16.4. The van der Waals surface area contributed by atoms with Crippen molar-refractivity contribution < 1.29 is 8.83 Å². The van der Waals surface area contributed by atoms with Crippen molar-refractivity contribution in [2.75, 3.05) is 31.1 Å². The topological polar surface area (TPSA) is 49.8 Å². The molecule has 28 heavy (non-hydrogen) atoms. The van der Waals surface area contributed by atoms with Crippen molar-refractivity contribution in [1.82, 2.24) is 4.90 Å². The van der Waals surface area contributed by atoms with Crippen molar-refractivity contribution in [3.8, 4) is 0 Å². The third-order valence-electron chi connectivity index (χ3n) is 5.51. The number of hydrogen-bond acceptors (Lipinski definition) is 5. The lowest BCUT2D eigenvalue weighted by atomic mass is 10.1. The van der Waals surface area contributed by atoms with Gasteiger partial charge in [-0.25, -0.2) is 4.79 Å². The summed E-state index contributed by atoms with van der Waals surface area (Å²) in [6.45, 7) is 6.75. The molecule has 0 amide bonds. The number of furan rings is 1. The molecule has 0 atom stereocenters. The second kappa shape index (κ2) is 6.84. The van der Waals surface area contributed by atoms with Crippen LogP contribution in [0.2, 0.25) is 0 Å². The third kappa shape index (κ3) is 3.18. The molecule has 1 aliphatic heterocycles. The highest BCUT2D eigenvalue weighted by Crippen LogP contribution is 2.27. The highest BCUT2D eigenvalue weighted by molar-refractivity contribution is 5.94. The van der Waals surface area contributed by atoms with Crippen LogP contribution in [0.5, 0.6) is 0 Å². The van der Waals surface area contributed by atoms with E-state index >= 15 is 0 Å². The number of fused-ring (bicyclic) bond motifs is 2. The molecule has 0 bridgehead atoms. The van der Waals surface area contributed by atoms with Crippen molar-refractivity contribution >= 4 is 27.6 Å². The molecule has 0 saturated carbocycles. The summed E-state index contributed by atoms with van der Waals surface area (Å²) in [5.74, 6) is 0.943. The second-order valence-corrected chi connectivity index (χ2v) is 7.45. The first kappa shape index (κ1) is 17.1. The number of hydrogen-bond donors (Lipinski definition) is 0. The molecule has 0 spiro atoms. The van der Waals surface area contributed by atoms with Crippen LogP contribution in [0.15, 0.2) is 68.2 Å². The molecule has 0 unspecified atom stereocenters. The fourth-order valence-electron chi connectivity index (χ4n) is 4.01. The number of aryl methyl sites for hydroxylation is 1. The van der Waals surface area contributed by atoms with Crippen molar-refractivity contribution in [3.05, 3.63) is 76.3 Å². The first-order chi connectivity index (χ1) is 13.7. The van der Waals surface area contributed by atoms with Crippen molar-refractivity contribution in [1.29, 1.82) is 0 Å². The van der Waals surface area contributed by atoms with E-state index in [0.717, 1.165) is 60.4 Å². The van der Waals surface area contributed by atoms with Gasteiger partial charge in [-0.05, 0) is 36.8 Å². The van der Waals surface area contributed by atoms with Crippen molar-refractivity contribution in [2.24, 2.45) is 0 Å². The smallest absolute Gasteiger partial charge is 0.336 e. The summed E-state index contributed by atoms with van der Waals surface area (Å²) in [4.78, 5) is 16.5. The van der Waals surface area contributed by atoms with Gasteiger partial charge in [0.15, 0.2) is 0 Å². The van der Waals surface area contributed by atoms with E-state index in [1.807, 2.05) is 19.1 Å². The van der Waals surface area contributed by atoms with Gasteiger partial charge in [-0.15, -0.1) is 0 Å². The molecule has 5 heteroatoms. The lowest BCUT2D eigenvalue weighted by Gasteiger charge is -2.35. The standard InChI is InChI=1S/C23H22N2O3/c1-16-11-23(26)28-22-14-21-17(13-20(16)22)12-19(27-21)15-24-7-9-25(10-8-24)18-5-3-2-4-6-18/h2-6,11-14H,7-10,15H2,1H3. The van der Waals surface area contributed by atoms with Crippen LogP contribution in [0.4, 0.5) is 5.69 Å². The Kier molecular flexibility index (Phi) is 4.17. The molecule has 5 nitrogen and oxygen atoms in total. The summed E-state index contributed by atoms with van der Waals surface area (Å²) in [6.07, 6.45) is 0. The maximum Gasteiger partial charge on any atom is 0.336 e. The van der Waals surface area contributed by atoms with Gasteiger partial charge in [-0.3, -0.25) is 4.90 Å². The minimum Gasteiger partial charge on any atom is -0.460 e. The van der Waals surface area contributed by atoms with E-state index < -0.39 is 0 Å². The Morgan fingerprint density at radius 3 is 2.46 bits per heavy atom. The third-order valence-corrected chi connectivity index (χ3v) is 5.51. The SMILES string of the molecule is Cc1cc(=O)oc2cc3oc(CN4CCN(c5ccccc5)CC4)cc3cc12. The Morgan fingerprint density at radius 2 is 1.68 bits per heavy atom. The molecule has 2 aromatic heterocycles. The predicted octanol–water partition coefficient (Wildman–Crippen LogP) is 4.17. The molecule has 0 radical (unpaired) electrons. The zero-order chi connectivity index (χ0) is 19.1. The Morgan fingerprint density at radius 1 is 0.893 bits per heavy atom. The molecule has 2 aromatic carbocycles. The minimum absolute atomic E-state index is 0.326. The van der Waals surface area contributed by atoms with E-state index in [4.69, 9.17) is 8.83 Å². The maximum absolute atomic E-state index is 11.6. The fourth-order valence-corrected chi connectivity index (χ4v) is 4.01. The normalized spacial score (nSPS) is 15.5. The van der Waals surface area contributed by atoms with Crippen LogP contribution in [0.3, 0.4) is 0 Å². The summed E-state index contributed by atoms with van der Waals surface area (Å²) in [7, 11) is 0. The molecule has 0 aliphatic carbocycles.